The smallest absolute Gasteiger partial charge is 0.103 e. The maximum atomic E-state index is 9.27. The molecule has 3 aromatic rings. The largest absolute Gasteiger partial charge is 0.398 e. The summed E-state index contributed by atoms with van der Waals surface area (Å²) in [6, 6.07) is 17.6. The van der Waals surface area contributed by atoms with E-state index in [0.717, 1.165) is 27.8 Å². The Morgan fingerprint density at radius 1 is 1.10 bits per heavy atom. The highest BCUT2D eigenvalue weighted by molar-refractivity contribution is 5.93. The number of nitrogens with zero attached hydrogens (tertiary/aromatic N) is 2. The number of nitrogens with one attached hydrogen (secondary N) is 1. The van der Waals surface area contributed by atoms with Crippen LogP contribution in [0.25, 0.3) is 10.9 Å². The van der Waals surface area contributed by atoms with E-state index < -0.39 is 0 Å². The zero-order valence-electron chi connectivity index (χ0n) is 11.4. The number of anilines is 2. The lowest BCUT2D eigenvalue weighted by Crippen LogP contribution is -2.05. The molecule has 0 unspecified atom stereocenters. The van der Waals surface area contributed by atoms with Crippen molar-refractivity contribution in [2.75, 3.05) is 11.1 Å². The molecule has 0 bridgehead atoms. The zero-order valence-corrected chi connectivity index (χ0v) is 11.4. The van der Waals surface area contributed by atoms with Gasteiger partial charge in [-0.05, 0) is 17.7 Å². The van der Waals surface area contributed by atoms with Crippen LogP contribution in [0.15, 0.2) is 54.7 Å². The second kappa shape index (κ2) is 5.51. The van der Waals surface area contributed by atoms with E-state index in [0.29, 0.717) is 12.1 Å². The first-order chi connectivity index (χ1) is 10.3. The Hall–Kier alpha value is -3.06. The van der Waals surface area contributed by atoms with Gasteiger partial charge in [-0.25, -0.2) is 0 Å². The predicted molar refractivity (Wildman–Crippen MR) is 84.6 cm³/mol. The van der Waals surface area contributed by atoms with Gasteiger partial charge in [-0.3, -0.25) is 4.98 Å². The minimum Gasteiger partial charge on any atom is -0.398 e. The van der Waals surface area contributed by atoms with Crippen molar-refractivity contribution in [3.05, 3.63) is 65.9 Å². The van der Waals surface area contributed by atoms with Gasteiger partial charge >= 0.3 is 0 Å². The summed E-state index contributed by atoms with van der Waals surface area (Å²) in [5, 5.41) is 13.5. The molecule has 0 saturated carbocycles. The number of rotatable bonds is 3. The molecular weight excluding hydrogens is 260 g/mol. The molecule has 3 N–H and O–H groups in total. The minimum absolute atomic E-state index is 0.531. The predicted octanol–water partition coefficient (Wildman–Crippen LogP) is 3.30. The molecule has 102 valence electrons. The van der Waals surface area contributed by atoms with Crippen molar-refractivity contribution in [2.24, 2.45) is 0 Å². The Labute approximate surface area is 122 Å². The van der Waals surface area contributed by atoms with E-state index in [9.17, 15) is 5.26 Å². The van der Waals surface area contributed by atoms with Gasteiger partial charge in [0.2, 0.25) is 0 Å². The molecule has 1 aromatic heterocycles. The summed E-state index contributed by atoms with van der Waals surface area (Å²) in [6.07, 6.45) is 1.60. The molecule has 3 rings (SSSR count). The van der Waals surface area contributed by atoms with Gasteiger partial charge in [-0.15, -0.1) is 0 Å². The highest BCUT2D eigenvalue weighted by Crippen LogP contribution is 2.26. The van der Waals surface area contributed by atoms with E-state index >= 15 is 0 Å². The molecule has 0 spiro atoms. The Balaban J connectivity index is 2.00. The first-order valence-electron chi connectivity index (χ1n) is 6.64. The number of pyridine rings is 1. The average Bonchev–Trinajstić information content (AvgIpc) is 2.53. The highest BCUT2D eigenvalue weighted by atomic mass is 14.9. The first kappa shape index (κ1) is 12.9. The van der Waals surface area contributed by atoms with Crippen LogP contribution in [0.1, 0.15) is 11.1 Å². The van der Waals surface area contributed by atoms with Crippen LogP contribution in [0.3, 0.4) is 0 Å². The molecule has 0 aliphatic carbocycles. The summed E-state index contributed by atoms with van der Waals surface area (Å²) in [7, 11) is 0. The fourth-order valence-electron chi connectivity index (χ4n) is 2.30. The average molecular weight is 274 g/mol. The van der Waals surface area contributed by atoms with Crippen molar-refractivity contribution in [3.8, 4) is 6.07 Å². The van der Waals surface area contributed by atoms with Crippen molar-refractivity contribution < 1.29 is 0 Å². The van der Waals surface area contributed by atoms with Crippen LogP contribution in [0, 0.1) is 11.3 Å². The summed E-state index contributed by atoms with van der Waals surface area (Å²) < 4.78 is 0. The monoisotopic (exact) mass is 274 g/mol. The standard InChI is InChI=1S/C17H14N4/c18-9-13-11-20-16-8-4-2-6-14(16)17(13)21-10-12-5-1-3-7-15(12)19/h1-8,11H,10,19H2,(H,20,21). The van der Waals surface area contributed by atoms with Crippen LogP contribution < -0.4 is 11.1 Å². The third kappa shape index (κ3) is 2.49. The van der Waals surface area contributed by atoms with Crippen LogP contribution in [0.2, 0.25) is 0 Å². The quantitative estimate of drug-likeness (QED) is 0.718. The molecule has 0 aliphatic heterocycles. The van der Waals surface area contributed by atoms with Crippen LogP contribution in [0.4, 0.5) is 11.4 Å². The molecule has 0 aliphatic rings. The van der Waals surface area contributed by atoms with Crippen LogP contribution in [0.5, 0.6) is 0 Å². The summed E-state index contributed by atoms with van der Waals surface area (Å²) in [5.74, 6) is 0. The Morgan fingerprint density at radius 3 is 2.67 bits per heavy atom. The number of nitrogen functional groups attached to an aromatic ring is 1. The molecule has 21 heavy (non-hydrogen) atoms. The Kier molecular flexibility index (Phi) is 3.40. The molecule has 0 atom stereocenters. The molecular formula is C17H14N4. The van der Waals surface area contributed by atoms with Crippen molar-refractivity contribution in [1.82, 2.24) is 4.98 Å². The number of aromatic nitrogens is 1. The van der Waals surface area contributed by atoms with E-state index in [-0.39, 0.29) is 0 Å². The molecule has 1 heterocycles. The number of para-hydroxylation sites is 2. The summed E-state index contributed by atoms with van der Waals surface area (Å²) >= 11 is 0. The minimum atomic E-state index is 0.531. The molecule has 0 radical (unpaired) electrons. The van der Waals surface area contributed by atoms with Crippen LogP contribution >= 0.6 is 0 Å². The van der Waals surface area contributed by atoms with Crippen molar-refractivity contribution >= 4 is 22.3 Å². The van der Waals surface area contributed by atoms with Crippen molar-refractivity contribution in [1.29, 1.82) is 5.26 Å². The second-order valence-electron chi connectivity index (χ2n) is 4.73. The van der Waals surface area contributed by atoms with Gasteiger partial charge in [0.1, 0.15) is 6.07 Å². The number of hydrogen-bond acceptors (Lipinski definition) is 4. The van der Waals surface area contributed by atoms with E-state index in [1.54, 1.807) is 6.20 Å². The van der Waals surface area contributed by atoms with Gasteiger partial charge in [0, 0.05) is 23.8 Å². The van der Waals surface area contributed by atoms with Crippen LogP contribution in [-0.2, 0) is 6.54 Å². The van der Waals surface area contributed by atoms with Crippen molar-refractivity contribution in [3.63, 3.8) is 0 Å². The third-order valence-electron chi connectivity index (χ3n) is 3.41. The molecule has 2 aromatic carbocycles. The lowest BCUT2D eigenvalue weighted by Gasteiger charge is -2.12. The van der Waals surface area contributed by atoms with Gasteiger partial charge < -0.3 is 11.1 Å². The second-order valence-corrected chi connectivity index (χ2v) is 4.73. The normalized spacial score (nSPS) is 10.2. The SMILES string of the molecule is N#Cc1cnc2ccccc2c1NCc1ccccc1N. The topological polar surface area (TPSA) is 74.7 Å². The third-order valence-corrected chi connectivity index (χ3v) is 3.41. The van der Waals surface area contributed by atoms with E-state index in [1.165, 1.54) is 0 Å². The molecule has 4 heteroatoms. The Bertz CT molecular complexity index is 834. The summed E-state index contributed by atoms with van der Waals surface area (Å²) in [5.41, 5.74) is 9.88. The number of benzene rings is 2. The Morgan fingerprint density at radius 2 is 1.86 bits per heavy atom. The van der Waals surface area contributed by atoms with E-state index in [4.69, 9.17) is 5.73 Å². The van der Waals surface area contributed by atoms with Gasteiger partial charge in [0.25, 0.3) is 0 Å². The van der Waals surface area contributed by atoms with Gasteiger partial charge in [-0.1, -0.05) is 36.4 Å². The molecule has 0 saturated heterocycles. The maximum Gasteiger partial charge on any atom is 0.103 e. The van der Waals surface area contributed by atoms with Gasteiger partial charge in [-0.2, -0.15) is 5.26 Å². The van der Waals surface area contributed by atoms with E-state index in [1.807, 2.05) is 48.5 Å². The number of nitrogens with two attached hydrogens (primary N) is 1. The van der Waals surface area contributed by atoms with E-state index in [2.05, 4.69) is 16.4 Å². The number of hydrogen-bond donors (Lipinski definition) is 2. The molecule has 4 nitrogen and oxygen atoms in total. The molecule has 0 amide bonds. The van der Waals surface area contributed by atoms with Gasteiger partial charge in [0.15, 0.2) is 0 Å². The fraction of sp³-hybridized carbons (Fsp3) is 0.0588. The summed E-state index contributed by atoms with van der Waals surface area (Å²) in [4.78, 5) is 4.30. The fourth-order valence-corrected chi connectivity index (χ4v) is 2.30. The number of nitriles is 1. The summed E-state index contributed by atoms with van der Waals surface area (Å²) in [6.45, 7) is 0.565. The van der Waals surface area contributed by atoms with Crippen LogP contribution in [-0.4, -0.2) is 4.98 Å². The lowest BCUT2D eigenvalue weighted by atomic mass is 10.1. The maximum absolute atomic E-state index is 9.27. The molecule has 0 fully saturated rings. The highest BCUT2D eigenvalue weighted by Gasteiger charge is 2.08. The van der Waals surface area contributed by atoms with Gasteiger partial charge in [0.05, 0.1) is 16.8 Å². The number of fused-ring (bicyclic) bond motifs is 1. The van der Waals surface area contributed by atoms with Crippen molar-refractivity contribution in [2.45, 2.75) is 6.54 Å². The zero-order chi connectivity index (χ0) is 14.7. The first-order valence-corrected chi connectivity index (χ1v) is 6.64. The lowest BCUT2D eigenvalue weighted by molar-refractivity contribution is 1.15.